The van der Waals surface area contributed by atoms with E-state index in [9.17, 15) is 4.79 Å². The fourth-order valence-electron chi connectivity index (χ4n) is 2.75. The molecule has 24 heavy (non-hydrogen) atoms. The van der Waals surface area contributed by atoms with Gasteiger partial charge in [-0.15, -0.1) is 0 Å². The Hall–Kier alpha value is -2.70. The Morgan fingerprint density at radius 1 is 1.08 bits per heavy atom. The second-order valence-electron chi connectivity index (χ2n) is 5.70. The van der Waals surface area contributed by atoms with Crippen LogP contribution in [0.1, 0.15) is 36.0 Å². The van der Waals surface area contributed by atoms with Crippen LogP contribution in [0.25, 0.3) is 0 Å². The highest BCUT2D eigenvalue weighted by Gasteiger charge is 2.24. The van der Waals surface area contributed by atoms with Crippen LogP contribution in [0.4, 0.5) is 0 Å². The number of carbonyl (C=O) groups is 1. The van der Waals surface area contributed by atoms with Gasteiger partial charge in [-0.3, -0.25) is 9.78 Å². The average molecular weight is 328 g/mol. The number of aromatic nitrogens is 3. The highest BCUT2D eigenvalue weighted by Crippen LogP contribution is 2.22. The molecule has 1 fully saturated rings. The number of methoxy groups -OCH3 is 1. The molecule has 0 saturated heterocycles. The van der Waals surface area contributed by atoms with Crippen LogP contribution in [-0.2, 0) is 0 Å². The van der Waals surface area contributed by atoms with Crippen molar-refractivity contribution in [2.45, 2.75) is 37.8 Å². The molecule has 0 radical (unpaired) electrons. The lowest BCUT2D eigenvalue weighted by molar-refractivity contribution is 0.0889. The summed E-state index contributed by atoms with van der Waals surface area (Å²) in [6.07, 6.45) is 10.0. The van der Waals surface area contributed by atoms with Crippen LogP contribution in [-0.4, -0.2) is 40.1 Å². The molecule has 0 bridgehead atoms. The maximum absolute atomic E-state index is 12.2. The molecule has 1 N–H and O–H groups in total. The van der Waals surface area contributed by atoms with E-state index in [1.807, 2.05) is 0 Å². The summed E-state index contributed by atoms with van der Waals surface area (Å²) in [6, 6.07) is 3.55. The predicted molar refractivity (Wildman–Crippen MR) is 87.0 cm³/mol. The van der Waals surface area contributed by atoms with Gasteiger partial charge in [0.2, 0.25) is 11.8 Å². The molecule has 0 unspecified atom stereocenters. The normalized spacial score (nSPS) is 20.2. The summed E-state index contributed by atoms with van der Waals surface area (Å²) in [5.41, 5.74) is 0.536. The Labute approximate surface area is 140 Å². The van der Waals surface area contributed by atoms with Gasteiger partial charge in [-0.1, -0.05) is 0 Å². The molecule has 1 saturated carbocycles. The minimum atomic E-state index is -0.108. The molecule has 126 valence electrons. The van der Waals surface area contributed by atoms with Crippen molar-refractivity contribution in [1.82, 2.24) is 20.3 Å². The minimum Gasteiger partial charge on any atom is -0.481 e. The van der Waals surface area contributed by atoms with E-state index in [2.05, 4.69) is 20.3 Å². The zero-order valence-corrected chi connectivity index (χ0v) is 13.5. The Kier molecular flexibility index (Phi) is 5.20. The first-order valence-corrected chi connectivity index (χ1v) is 7.98. The Morgan fingerprint density at radius 3 is 2.54 bits per heavy atom. The summed E-state index contributed by atoms with van der Waals surface area (Å²) in [5, 5.41) is 3.05. The molecular weight excluding hydrogens is 308 g/mol. The average Bonchev–Trinajstić information content (AvgIpc) is 2.64. The number of hydrogen-bond acceptors (Lipinski definition) is 6. The molecular formula is C17H20N4O3. The lowest BCUT2D eigenvalue weighted by Gasteiger charge is -2.29. The molecule has 0 aliphatic heterocycles. The van der Waals surface area contributed by atoms with Crippen molar-refractivity contribution in [3.05, 3.63) is 42.5 Å². The number of ether oxygens (including phenoxy) is 2. The lowest BCUT2D eigenvalue weighted by Crippen LogP contribution is -2.39. The van der Waals surface area contributed by atoms with Crippen LogP contribution in [0.2, 0.25) is 0 Å². The number of amides is 1. The van der Waals surface area contributed by atoms with E-state index in [0.29, 0.717) is 17.3 Å². The van der Waals surface area contributed by atoms with E-state index in [1.165, 1.54) is 6.20 Å². The van der Waals surface area contributed by atoms with Gasteiger partial charge in [0.15, 0.2) is 0 Å². The first-order chi connectivity index (χ1) is 11.7. The van der Waals surface area contributed by atoms with Crippen LogP contribution in [0.15, 0.2) is 36.9 Å². The number of hydrogen-bond donors (Lipinski definition) is 1. The maximum Gasteiger partial charge on any atom is 0.253 e. The van der Waals surface area contributed by atoms with Crippen molar-refractivity contribution < 1.29 is 14.3 Å². The van der Waals surface area contributed by atoms with Gasteiger partial charge in [-0.05, 0) is 31.7 Å². The first kappa shape index (κ1) is 16.2. The standard InChI is InChI=1S/C17H20N4O3/c1-23-15-7-2-12(10-20-15)17(22)21-13-3-5-14(6-4-13)24-16-11-18-8-9-19-16/h2,7-11,13-14H,3-6H2,1H3,(H,21,22). The van der Waals surface area contributed by atoms with Crippen LogP contribution in [0.5, 0.6) is 11.8 Å². The summed E-state index contributed by atoms with van der Waals surface area (Å²) < 4.78 is 10.8. The molecule has 1 amide bonds. The predicted octanol–water partition coefficient (Wildman–Crippen LogP) is 2.00. The second kappa shape index (κ2) is 7.72. The zero-order chi connectivity index (χ0) is 16.8. The fraction of sp³-hybridized carbons (Fsp3) is 0.412. The Balaban J connectivity index is 1.47. The van der Waals surface area contributed by atoms with Crippen LogP contribution in [0.3, 0.4) is 0 Å². The monoisotopic (exact) mass is 328 g/mol. The molecule has 2 aromatic rings. The Morgan fingerprint density at radius 2 is 1.92 bits per heavy atom. The van der Waals surface area contributed by atoms with E-state index in [0.717, 1.165) is 25.7 Å². The van der Waals surface area contributed by atoms with Crippen molar-refractivity contribution in [2.24, 2.45) is 0 Å². The topological polar surface area (TPSA) is 86.2 Å². The number of rotatable bonds is 5. The van der Waals surface area contributed by atoms with Crippen molar-refractivity contribution in [2.75, 3.05) is 7.11 Å². The van der Waals surface area contributed by atoms with Gasteiger partial charge in [0.1, 0.15) is 6.10 Å². The third kappa shape index (κ3) is 4.18. The first-order valence-electron chi connectivity index (χ1n) is 7.98. The van der Waals surface area contributed by atoms with Crippen molar-refractivity contribution >= 4 is 5.91 Å². The summed E-state index contributed by atoms with van der Waals surface area (Å²) in [5.74, 6) is 0.936. The van der Waals surface area contributed by atoms with Gasteiger partial charge in [-0.25, -0.2) is 9.97 Å². The third-order valence-electron chi connectivity index (χ3n) is 4.04. The van der Waals surface area contributed by atoms with Gasteiger partial charge in [0, 0.05) is 30.7 Å². The van der Waals surface area contributed by atoms with Gasteiger partial charge in [0.25, 0.3) is 5.91 Å². The SMILES string of the molecule is COc1ccc(C(=O)NC2CCC(Oc3cnccn3)CC2)cn1. The molecule has 1 aliphatic rings. The van der Waals surface area contributed by atoms with Gasteiger partial charge in [0.05, 0.1) is 18.9 Å². The molecule has 2 aromatic heterocycles. The highest BCUT2D eigenvalue weighted by atomic mass is 16.5. The molecule has 7 heteroatoms. The van der Waals surface area contributed by atoms with Crippen LogP contribution < -0.4 is 14.8 Å². The van der Waals surface area contributed by atoms with E-state index in [4.69, 9.17) is 9.47 Å². The number of carbonyl (C=O) groups excluding carboxylic acids is 1. The highest BCUT2D eigenvalue weighted by molar-refractivity contribution is 5.94. The largest absolute Gasteiger partial charge is 0.481 e. The van der Waals surface area contributed by atoms with E-state index in [1.54, 1.807) is 37.8 Å². The molecule has 3 rings (SSSR count). The molecule has 0 aromatic carbocycles. The van der Waals surface area contributed by atoms with Crippen molar-refractivity contribution in [3.8, 4) is 11.8 Å². The van der Waals surface area contributed by atoms with Gasteiger partial charge >= 0.3 is 0 Å². The van der Waals surface area contributed by atoms with Gasteiger partial charge < -0.3 is 14.8 Å². The van der Waals surface area contributed by atoms with Gasteiger partial charge in [-0.2, -0.15) is 0 Å². The summed E-state index contributed by atoms with van der Waals surface area (Å²) in [6.45, 7) is 0. The maximum atomic E-state index is 12.2. The Bertz CT molecular complexity index is 655. The van der Waals surface area contributed by atoms with Crippen LogP contribution in [0, 0.1) is 0 Å². The summed E-state index contributed by atoms with van der Waals surface area (Å²) >= 11 is 0. The molecule has 0 spiro atoms. The summed E-state index contributed by atoms with van der Waals surface area (Å²) in [4.78, 5) is 24.4. The van der Waals surface area contributed by atoms with Crippen molar-refractivity contribution in [1.29, 1.82) is 0 Å². The van der Waals surface area contributed by atoms with Crippen molar-refractivity contribution in [3.63, 3.8) is 0 Å². The van der Waals surface area contributed by atoms with Crippen LogP contribution >= 0.6 is 0 Å². The summed E-state index contributed by atoms with van der Waals surface area (Å²) in [7, 11) is 1.55. The van der Waals surface area contributed by atoms with E-state index < -0.39 is 0 Å². The number of nitrogens with one attached hydrogen (secondary N) is 1. The number of nitrogens with zero attached hydrogens (tertiary/aromatic N) is 3. The zero-order valence-electron chi connectivity index (χ0n) is 13.5. The molecule has 2 heterocycles. The molecule has 1 aliphatic carbocycles. The molecule has 0 atom stereocenters. The van der Waals surface area contributed by atoms with E-state index >= 15 is 0 Å². The third-order valence-corrected chi connectivity index (χ3v) is 4.04. The van der Waals surface area contributed by atoms with E-state index in [-0.39, 0.29) is 18.1 Å². The molecule has 7 nitrogen and oxygen atoms in total. The lowest BCUT2D eigenvalue weighted by atomic mass is 9.93. The minimum absolute atomic E-state index is 0.108. The fourth-order valence-corrected chi connectivity index (χ4v) is 2.75. The smallest absolute Gasteiger partial charge is 0.253 e. The second-order valence-corrected chi connectivity index (χ2v) is 5.70. The number of pyridine rings is 1. The quantitative estimate of drug-likeness (QED) is 0.903.